The van der Waals surface area contributed by atoms with Crippen molar-refractivity contribution in [3.05, 3.63) is 23.2 Å². The smallest absolute Gasteiger partial charge is 0.257 e. The molecule has 1 amide bonds. The van der Waals surface area contributed by atoms with E-state index in [1.165, 1.54) is 22.5 Å². The Morgan fingerprint density at radius 2 is 1.96 bits per heavy atom. The number of carbonyl (C=O) groups is 1. The molecule has 146 valence electrons. The van der Waals surface area contributed by atoms with Crippen molar-refractivity contribution in [1.82, 2.24) is 9.62 Å². The number of sulfonamides is 1. The molecule has 0 unspecified atom stereocenters. The van der Waals surface area contributed by atoms with Crippen LogP contribution in [-0.2, 0) is 14.8 Å². The number of nitrogens with zero attached hydrogens (tertiary/aromatic N) is 1. The molecule has 0 spiro atoms. The Labute approximate surface area is 160 Å². The Bertz CT molecular complexity index is 703. The van der Waals surface area contributed by atoms with Crippen LogP contribution in [0.5, 0.6) is 5.75 Å². The van der Waals surface area contributed by atoms with Crippen molar-refractivity contribution in [3.63, 3.8) is 0 Å². The van der Waals surface area contributed by atoms with Crippen molar-refractivity contribution in [2.24, 2.45) is 0 Å². The van der Waals surface area contributed by atoms with E-state index in [1.807, 2.05) is 0 Å². The average Bonchev–Trinajstić information content (AvgIpc) is 2.65. The van der Waals surface area contributed by atoms with Crippen LogP contribution in [-0.4, -0.2) is 44.9 Å². The van der Waals surface area contributed by atoms with Crippen LogP contribution in [0.2, 0.25) is 5.02 Å². The maximum absolute atomic E-state index is 12.7. The van der Waals surface area contributed by atoms with E-state index < -0.39 is 10.0 Å². The zero-order valence-electron chi connectivity index (χ0n) is 15.2. The third-order valence-electron chi connectivity index (χ3n) is 4.32. The summed E-state index contributed by atoms with van der Waals surface area (Å²) in [5, 5.41) is 2.96. The Kier molecular flexibility index (Phi) is 8.18. The topological polar surface area (TPSA) is 75.7 Å². The number of rotatable bonds is 9. The lowest BCUT2D eigenvalue weighted by Gasteiger charge is -2.26. The Morgan fingerprint density at radius 3 is 2.62 bits per heavy atom. The van der Waals surface area contributed by atoms with Gasteiger partial charge in [0, 0.05) is 19.6 Å². The number of piperidine rings is 1. The molecule has 0 saturated carbocycles. The second-order valence-electron chi connectivity index (χ2n) is 6.40. The largest absolute Gasteiger partial charge is 0.482 e. The predicted octanol–water partition coefficient (Wildman–Crippen LogP) is 3.20. The molecule has 26 heavy (non-hydrogen) atoms. The number of halogens is 1. The van der Waals surface area contributed by atoms with Crippen LogP contribution in [0.3, 0.4) is 0 Å². The van der Waals surface area contributed by atoms with Crippen molar-refractivity contribution in [2.75, 3.05) is 26.2 Å². The van der Waals surface area contributed by atoms with Crippen LogP contribution in [0.4, 0.5) is 0 Å². The molecular formula is C18H27ClN2O4S. The zero-order valence-corrected chi connectivity index (χ0v) is 16.7. The van der Waals surface area contributed by atoms with Gasteiger partial charge in [-0.2, -0.15) is 4.31 Å². The van der Waals surface area contributed by atoms with Gasteiger partial charge in [-0.1, -0.05) is 37.8 Å². The molecule has 2 rings (SSSR count). The molecule has 0 radical (unpaired) electrons. The second kappa shape index (κ2) is 10.1. The van der Waals surface area contributed by atoms with E-state index in [0.29, 0.717) is 25.4 Å². The molecule has 0 aromatic heterocycles. The summed E-state index contributed by atoms with van der Waals surface area (Å²) in [7, 11) is -3.54. The average molecular weight is 403 g/mol. The summed E-state index contributed by atoms with van der Waals surface area (Å²) in [6, 6.07) is 4.37. The summed E-state index contributed by atoms with van der Waals surface area (Å²) in [6.07, 6.45) is 5.91. The van der Waals surface area contributed by atoms with Crippen LogP contribution in [0, 0.1) is 0 Å². The van der Waals surface area contributed by atoms with Crippen molar-refractivity contribution in [2.45, 2.75) is 50.3 Å². The highest BCUT2D eigenvalue weighted by Gasteiger charge is 2.26. The molecule has 8 heteroatoms. The highest BCUT2D eigenvalue weighted by atomic mass is 35.5. The van der Waals surface area contributed by atoms with E-state index in [1.54, 1.807) is 0 Å². The Balaban J connectivity index is 1.93. The van der Waals surface area contributed by atoms with Crippen LogP contribution in [0.15, 0.2) is 23.1 Å². The van der Waals surface area contributed by atoms with Gasteiger partial charge in [0.05, 0.1) is 9.92 Å². The summed E-state index contributed by atoms with van der Waals surface area (Å²) in [5.74, 6) is 0.0788. The van der Waals surface area contributed by atoms with E-state index in [4.69, 9.17) is 16.3 Å². The van der Waals surface area contributed by atoms with Crippen molar-refractivity contribution in [1.29, 1.82) is 0 Å². The summed E-state index contributed by atoms with van der Waals surface area (Å²) in [4.78, 5) is 11.9. The van der Waals surface area contributed by atoms with Gasteiger partial charge < -0.3 is 10.1 Å². The second-order valence-corrected chi connectivity index (χ2v) is 8.75. The minimum atomic E-state index is -3.54. The number of benzene rings is 1. The van der Waals surface area contributed by atoms with Gasteiger partial charge >= 0.3 is 0 Å². The Morgan fingerprint density at radius 1 is 1.23 bits per heavy atom. The van der Waals surface area contributed by atoms with Crippen molar-refractivity contribution >= 4 is 27.5 Å². The number of nitrogens with one attached hydrogen (secondary N) is 1. The first-order chi connectivity index (χ1) is 12.4. The lowest BCUT2D eigenvalue weighted by Crippen LogP contribution is -2.35. The summed E-state index contributed by atoms with van der Waals surface area (Å²) in [6.45, 7) is 3.65. The lowest BCUT2D eigenvalue weighted by molar-refractivity contribution is -0.123. The molecule has 6 nitrogen and oxygen atoms in total. The fraction of sp³-hybridized carbons (Fsp3) is 0.611. The van der Waals surface area contributed by atoms with Crippen LogP contribution in [0.25, 0.3) is 0 Å². The molecule has 1 heterocycles. The molecule has 1 aliphatic rings. The molecular weight excluding hydrogens is 376 g/mol. The van der Waals surface area contributed by atoms with Gasteiger partial charge in [0.2, 0.25) is 10.0 Å². The molecule has 0 atom stereocenters. The van der Waals surface area contributed by atoms with Gasteiger partial charge in [-0.25, -0.2) is 8.42 Å². The number of unbranched alkanes of at least 4 members (excludes halogenated alkanes) is 2. The highest BCUT2D eigenvalue weighted by Crippen LogP contribution is 2.29. The highest BCUT2D eigenvalue weighted by molar-refractivity contribution is 7.89. The Hall–Kier alpha value is -1.31. The first-order valence-electron chi connectivity index (χ1n) is 9.14. The summed E-state index contributed by atoms with van der Waals surface area (Å²) in [5.41, 5.74) is 0. The fourth-order valence-electron chi connectivity index (χ4n) is 2.81. The third kappa shape index (κ3) is 5.86. The molecule has 0 bridgehead atoms. The molecule has 1 N–H and O–H groups in total. The van der Waals surface area contributed by atoms with Crippen LogP contribution < -0.4 is 10.1 Å². The SMILES string of the molecule is CCCCCNC(=O)COc1ccc(S(=O)(=O)N2CCCCC2)cc1Cl. The maximum atomic E-state index is 12.7. The fourth-order valence-corrected chi connectivity index (χ4v) is 4.65. The molecule has 1 aliphatic heterocycles. The summed E-state index contributed by atoms with van der Waals surface area (Å²) < 4.78 is 32.2. The van der Waals surface area contributed by atoms with Crippen LogP contribution >= 0.6 is 11.6 Å². The van der Waals surface area contributed by atoms with Crippen molar-refractivity contribution < 1.29 is 17.9 Å². The normalized spacial score (nSPS) is 15.6. The number of hydrogen-bond donors (Lipinski definition) is 1. The first-order valence-corrected chi connectivity index (χ1v) is 11.0. The number of hydrogen-bond acceptors (Lipinski definition) is 4. The van der Waals surface area contributed by atoms with Crippen molar-refractivity contribution in [3.8, 4) is 5.75 Å². The van der Waals surface area contributed by atoms with E-state index in [2.05, 4.69) is 12.2 Å². The standard InChI is InChI=1S/C18H27ClN2O4S/c1-2-3-5-10-20-18(22)14-25-17-9-8-15(13-16(17)19)26(23,24)21-11-6-4-7-12-21/h8-9,13H,2-7,10-12,14H2,1H3,(H,20,22). The van der Waals surface area contributed by atoms with E-state index in [9.17, 15) is 13.2 Å². The predicted molar refractivity (Wildman–Crippen MR) is 102 cm³/mol. The van der Waals surface area contributed by atoms with E-state index in [0.717, 1.165) is 38.5 Å². The van der Waals surface area contributed by atoms with Gasteiger partial charge in [-0.15, -0.1) is 0 Å². The molecule has 1 aromatic rings. The molecule has 0 aliphatic carbocycles. The third-order valence-corrected chi connectivity index (χ3v) is 6.51. The van der Waals surface area contributed by atoms with Gasteiger partial charge in [0.1, 0.15) is 5.75 Å². The van der Waals surface area contributed by atoms with Gasteiger partial charge in [-0.05, 0) is 37.5 Å². The summed E-state index contributed by atoms with van der Waals surface area (Å²) >= 11 is 6.16. The zero-order chi connectivity index (χ0) is 19.0. The minimum absolute atomic E-state index is 0.149. The van der Waals surface area contributed by atoms with Crippen LogP contribution in [0.1, 0.15) is 45.4 Å². The maximum Gasteiger partial charge on any atom is 0.257 e. The molecule has 1 saturated heterocycles. The number of ether oxygens (including phenoxy) is 1. The van der Waals surface area contributed by atoms with Gasteiger partial charge in [0.15, 0.2) is 6.61 Å². The van der Waals surface area contributed by atoms with E-state index in [-0.39, 0.29) is 22.4 Å². The van der Waals surface area contributed by atoms with Gasteiger partial charge in [0.25, 0.3) is 5.91 Å². The van der Waals surface area contributed by atoms with E-state index >= 15 is 0 Å². The first kappa shape index (κ1) is 21.0. The van der Waals surface area contributed by atoms with Gasteiger partial charge in [-0.3, -0.25) is 4.79 Å². The number of amides is 1. The quantitative estimate of drug-likeness (QED) is 0.643. The monoisotopic (exact) mass is 402 g/mol. The number of carbonyl (C=O) groups excluding carboxylic acids is 1. The molecule has 1 fully saturated rings. The molecule has 1 aromatic carbocycles. The minimum Gasteiger partial charge on any atom is -0.482 e. The lowest BCUT2D eigenvalue weighted by atomic mass is 10.2.